The van der Waals surface area contributed by atoms with E-state index in [0.29, 0.717) is 42.2 Å². The summed E-state index contributed by atoms with van der Waals surface area (Å²) in [6.07, 6.45) is 2.26. The number of fused-ring (bicyclic) bond motifs is 1. The standard InChI is InChI=1S/C17H19N3O3S2/c1-4-7-20-16(23)14-10(2)11(3)25-15(14)18-17(20)24-9-8-19-12(21)5-6-13(19)22/h4H,1,5-9H2,2-3H3. The highest BCUT2D eigenvalue weighted by molar-refractivity contribution is 7.99. The molecule has 2 amide bonds. The van der Waals surface area contributed by atoms with E-state index in [2.05, 4.69) is 11.6 Å². The molecule has 1 aliphatic heterocycles. The zero-order valence-electron chi connectivity index (χ0n) is 14.2. The zero-order chi connectivity index (χ0) is 18.1. The molecule has 0 spiro atoms. The summed E-state index contributed by atoms with van der Waals surface area (Å²) in [5.41, 5.74) is 0.905. The number of allylic oxidation sites excluding steroid dienone is 1. The zero-order valence-corrected chi connectivity index (χ0v) is 15.8. The van der Waals surface area contributed by atoms with E-state index in [0.717, 1.165) is 15.3 Å². The fourth-order valence-corrected chi connectivity index (χ4v) is 4.81. The molecule has 0 unspecified atom stereocenters. The van der Waals surface area contributed by atoms with Gasteiger partial charge in [-0.15, -0.1) is 17.9 Å². The van der Waals surface area contributed by atoms with Crippen LogP contribution in [-0.4, -0.2) is 38.6 Å². The summed E-state index contributed by atoms with van der Waals surface area (Å²) in [6, 6.07) is 0. The van der Waals surface area contributed by atoms with Crippen molar-refractivity contribution >= 4 is 45.1 Å². The van der Waals surface area contributed by atoms with Gasteiger partial charge in [0, 0.05) is 36.6 Å². The number of aryl methyl sites for hydroxylation is 2. The Kier molecular flexibility index (Phi) is 5.10. The van der Waals surface area contributed by atoms with E-state index in [1.54, 1.807) is 10.6 Å². The molecule has 3 rings (SSSR count). The molecule has 1 saturated heterocycles. The fourth-order valence-electron chi connectivity index (χ4n) is 2.81. The van der Waals surface area contributed by atoms with Gasteiger partial charge in [0.1, 0.15) is 4.83 Å². The van der Waals surface area contributed by atoms with E-state index in [1.807, 2.05) is 13.8 Å². The molecule has 132 valence electrons. The molecule has 1 aliphatic rings. The van der Waals surface area contributed by atoms with Crippen LogP contribution in [0.2, 0.25) is 0 Å². The van der Waals surface area contributed by atoms with Crippen molar-refractivity contribution in [2.24, 2.45) is 0 Å². The number of amides is 2. The van der Waals surface area contributed by atoms with Gasteiger partial charge in [-0.2, -0.15) is 0 Å². The maximum Gasteiger partial charge on any atom is 0.263 e. The molecule has 0 aromatic carbocycles. The van der Waals surface area contributed by atoms with Gasteiger partial charge in [0.15, 0.2) is 5.16 Å². The minimum absolute atomic E-state index is 0.0671. The number of carbonyl (C=O) groups is 2. The Bertz CT molecular complexity index is 913. The van der Waals surface area contributed by atoms with Crippen molar-refractivity contribution in [3.05, 3.63) is 33.4 Å². The van der Waals surface area contributed by atoms with Crippen LogP contribution in [0.15, 0.2) is 22.6 Å². The number of hydrogen-bond acceptors (Lipinski definition) is 6. The molecule has 25 heavy (non-hydrogen) atoms. The molecule has 6 nitrogen and oxygen atoms in total. The Morgan fingerprint density at radius 1 is 1.24 bits per heavy atom. The summed E-state index contributed by atoms with van der Waals surface area (Å²) in [7, 11) is 0. The maximum absolute atomic E-state index is 12.8. The van der Waals surface area contributed by atoms with Gasteiger partial charge in [-0.05, 0) is 19.4 Å². The molecular weight excluding hydrogens is 358 g/mol. The molecule has 2 aromatic heterocycles. The minimum Gasteiger partial charge on any atom is -0.283 e. The van der Waals surface area contributed by atoms with Crippen LogP contribution in [0.5, 0.6) is 0 Å². The first kappa shape index (κ1) is 17.9. The van der Waals surface area contributed by atoms with Crippen LogP contribution in [0.4, 0.5) is 0 Å². The Balaban J connectivity index is 1.88. The van der Waals surface area contributed by atoms with Crippen molar-refractivity contribution < 1.29 is 9.59 Å². The second-order valence-corrected chi connectivity index (χ2v) is 8.12. The summed E-state index contributed by atoms with van der Waals surface area (Å²) in [5.74, 6) is 0.264. The number of likely N-dealkylation sites (tertiary alicyclic amines) is 1. The second-order valence-electron chi connectivity index (χ2n) is 5.85. The lowest BCUT2D eigenvalue weighted by atomic mass is 10.2. The molecule has 1 fully saturated rings. The summed E-state index contributed by atoms with van der Waals surface area (Å²) in [4.78, 5) is 44.0. The quantitative estimate of drug-likeness (QED) is 0.335. The normalized spacial score (nSPS) is 14.7. The number of imide groups is 1. The second kappa shape index (κ2) is 7.13. The van der Waals surface area contributed by atoms with Gasteiger partial charge >= 0.3 is 0 Å². The van der Waals surface area contributed by atoms with Crippen molar-refractivity contribution in [3.8, 4) is 0 Å². The highest BCUT2D eigenvalue weighted by Crippen LogP contribution is 2.28. The highest BCUT2D eigenvalue weighted by atomic mass is 32.2. The maximum atomic E-state index is 12.8. The molecule has 0 bridgehead atoms. The lowest BCUT2D eigenvalue weighted by Crippen LogP contribution is -2.31. The van der Waals surface area contributed by atoms with Crippen molar-refractivity contribution in [2.45, 2.75) is 38.4 Å². The van der Waals surface area contributed by atoms with Gasteiger partial charge in [0.25, 0.3) is 5.56 Å². The van der Waals surface area contributed by atoms with Crippen LogP contribution >= 0.6 is 23.1 Å². The van der Waals surface area contributed by atoms with Crippen LogP contribution in [0, 0.1) is 13.8 Å². The van der Waals surface area contributed by atoms with E-state index >= 15 is 0 Å². The summed E-state index contributed by atoms with van der Waals surface area (Å²) >= 11 is 2.90. The molecule has 0 saturated carbocycles. The molecule has 0 atom stereocenters. The lowest BCUT2D eigenvalue weighted by molar-refractivity contribution is -0.137. The number of nitrogens with zero attached hydrogens (tertiary/aromatic N) is 3. The molecule has 8 heteroatoms. The van der Waals surface area contributed by atoms with E-state index in [9.17, 15) is 14.4 Å². The SMILES string of the molecule is C=CCn1c(SCCN2C(=O)CCC2=O)nc2sc(C)c(C)c2c1=O. The monoisotopic (exact) mass is 377 g/mol. The lowest BCUT2D eigenvalue weighted by Gasteiger charge is -2.14. The summed E-state index contributed by atoms with van der Waals surface area (Å²) in [5, 5.41) is 1.26. The number of carbonyl (C=O) groups excluding carboxylic acids is 2. The topological polar surface area (TPSA) is 72.3 Å². The van der Waals surface area contributed by atoms with Gasteiger partial charge in [0.05, 0.1) is 5.39 Å². The third-order valence-electron chi connectivity index (χ3n) is 4.27. The number of thiophene rings is 1. The predicted octanol–water partition coefficient (Wildman–Crippen LogP) is 2.50. The average molecular weight is 377 g/mol. The van der Waals surface area contributed by atoms with Crippen LogP contribution in [0.1, 0.15) is 23.3 Å². The Morgan fingerprint density at radius 2 is 1.92 bits per heavy atom. The number of rotatable bonds is 6. The van der Waals surface area contributed by atoms with Crippen molar-refractivity contribution in [2.75, 3.05) is 12.3 Å². The predicted molar refractivity (Wildman–Crippen MR) is 100 cm³/mol. The Hall–Kier alpha value is -1.93. The van der Waals surface area contributed by atoms with E-state index in [1.165, 1.54) is 28.0 Å². The molecule has 0 radical (unpaired) electrons. The van der Waals surface area contributed by atoms with E-state index in [-0.39, 0.29) is 17.4 Å². The molecule has 0 N–H and O–H groups in total. The van der Waals surface area contributed by atoms with Crippen LogP contribution in [-0.2, 0) is 16.1 Å². The molecule has 0 aliphatic carbocycles. The van der Waals surface area contributed by atoms with Crippen LogP contribution in [0.25, 0.3) is 10.2 Å². The minimum atomic E-state index is -0.123. The third-order valence-corrected chi connectivity index (χ3v) is 6.32. The van der Waals surface area contributed by atoms with Crippen molar-refractivity contribution in [3.63, 3.8) is 0 Å². The fraction of sp³-hybridized carbons (Fsp3) is 0.412. The number of aromatic nitrogens is 2. The van der Waals surface area contributed by atoms with Crippen molar-refractivity contribution in [1.29, 1.82) is 0 Å². The van der Waals surface area contributed by atoms with Gasteiger partial charge in [0.2, 0.25) is 11.8 Å². The van der Waals surface area contributed by atoms with Gasteiger partial charge < -0.3 is 0 Å². The number of thioether (sulfide) groups is 1. The van der Waals surface area contributed by atoms with Crippen molar-refractivity contribution in [1.82, 2.24) is 14.5 Å². The number of hydrogen-bond donors (Lipinski definition) is 0. The van der Waals surface area contributed by atoms with Crippen LogP contribution < -0.4 is 5.56 Å². The summed E-state index contributed by atoms with van der Waals surface area (Å²) in [6.45, 7) is 8.35. The largest absolute Gasteiger partial charge is 0.283 e. The summed E-state index contributed by atoms with van der Waals surface area (Å²) < 4.78 is 1.60. The Labute approximate surface area is 153 Å². The van der Waals surface area contributed by atoms with E-state index in [4.69, 9.17) is 0 Å². The molecular formula is C17H19N3O3S2. The molecule has 2 aromatic rings. The first-order valence-electron chi connectivity index (χ1n) is 8.01. The van der Waals surface area contributed by atoms with Gasteiger partial charge in [-0.25, -0.2) is 4.98 Å². The van der Waals surface area contributed by atoms with Gasteiger partial charge in [-0.3, -0.25) is 23.9 Å². The smallest absolute Gasteiger partial charge is 0.263 e. The van der Waals surface area contributed by atoms with E-state index < -0.39 is 0 Å². The third kappa shape index (κ3) is 3.28. The Morgan fingerprint density at radius 3 is 2.56 bits per heavy atom. The van der Waals surface area contributed by atoms with Gasteiger partial charge in [-0.1, -0.05) is 17.8 Å². The average Bonchev–Trinajstić information content (AvgIpc) is 3.04. The van der Waals surface area contributed by atoms with Crippen LogP contribution in [0.3, 0.4) is 0 Å². The first-order chi connectivity index (χ1) is 11.9. The highest BCUT2D eigenvalue weighted by Gasteiger charge is 2.28. The molecule has 3 heterocycles. The first-order valence-corrected chi connectivity index (χ1v) is 9.81.